The van der Waals surface area contributed by atoms with Crippen molar-refractivity contribution in [2.75, 3.05) is 52.4 Å². The molecule has 2 aliphatic carbocycles. The average Bonchev–Trinajstić information content (AvgIpc) is 3.14. The number of amides is 4. The number of hydrogen-bond donors (Lipinski definition) is 2. The first-order valence-electron chi connectivity index (χ1n) is 19.6. The first kappa shape index (κ1) is 38.2. The number of nitrogens with zero attached hydrogens (tertiary/aromatic N) is 4. The smallest absolute Gasteiger partial charge is 0.408 e. The molecule has 1 atom stereocenters. The molecular weight excluding hydrogens is 691 g/mol. The largest absolute Gasteiger partial charge is 0.444 e. The van der Waals surface area contributed by atoms with Gasteiger partial charge in [-0.1, -0.05) is 24.3 Å². The number of ether oxygens (including phenoxy) is 2. The third-order valence-corrected chi connectivity index (χ3v) is 12.4. The molecule has 2 N–H and O–H groups in total. The van der Waals surface area contributed by atoms with Crippen LogP contribution in [0.15, 0.2) is 47.1 Å². The number of piperazine rings is 1. The summed E-state index contributed by atoms with van der Waals surface area (Å²) in [6.07, 6.45) is 12.3. The number of piperidine rings is 1. The van der Waals surface area contributed by atoms with Crippen LogP contribution in [0.5, 0.6) is 0 Å². The molecule has 1 aromatic rings. The molecule has 13 heteroatoms. The first-order valence-corrected chi connectivity index (χ1v) is 19.6. The average molecular weight is 747 g/mol. The number of carbonyl (C=O) groups excluding carboxylic acids is 4. The van der Waals surface area contributed by atoms with Crippen molar-refractivity contribution < 1.29 is 33.0 Å². The van der Waals surface area contributed by atoms with Crippen LogP contribution < -0.4 is 10.7 Å². The van der Waals surface area contributed by atoms with Crippen molar-refractivity contribution in [1.82, 2.24) is 25.4 Å². The highest BCUT2D eigenvalue weighted by molar-refractivity contribution is 6.11. The molecule has 5 fully saturated rings. The molecule has 0 aromatic heterocycles. The van der Waals surface area contributed by atoms with Crippen LogP contribution in [0.1, 0.15) is 95.0 Å². The van der Waals surface area contributed by atoms with E-state index in [1.807, 2.05) is 50.8 Å². The van der Waals surface area contributed by atoms with Gasteiger partial charge in [0.1, 0.15) is 11.4 Å². The van der Waals surface area contributed by atoms with E-state index in [0.717, 1.165) is 69.3 Å². The molecule has 7 aliphatic rings. The summed E-state index contributed by atoms with van der Waals surface area (Å²) in [6.45, 7) is 12.3. The number of rotatable bonds is 8. The maximum absolute atomic E-state index is 15.1. The van der Waals surface area contributed by atoms with Gasteiger partial charge in [-0.25, -0.2) is 14.6 Å². The summed E-state index contributed by atoms with van der Waals surface area (Å²) in [5.41, 5.74) is 3.12. The maximum Gasteiger partial charge on any atom is 0.408 e. The van der Waals surface area contributed by atoms with Crippen LogP contribution in [0, 0.1) is 17.2 Å². The minimum atomic E-state index is -0.709. The molecule has 1 saturated carbocycles. The standard InChI is InChI=1S/C41H55FN6O6/c1-38(2,3)54-37(52)43-40-13-15-41(16-14-40,53-27-40)26-46-17-10-28(11-18-46)25-34(49)47-19-21-48(22-20-47)35(50)30-23-29(8-9-32(30)42)24-33-31-7-5-6-12-39(31,4)36(51)45-44-33/h5-9,23,28H,10-22,24-27H2,1-4H3,(H,43,52)(H,45,51). The molecule has 292 valence electrons. The lowest BCUT2D eigenvalue weighted by Gasteiger charge is -2.54. The van der Waals surface area contributed by atoms with Gasteiger partial charge < -0.3 is 29.5 Å². The van der Waals surface area contributed by atoms with Gasteiger partial charge in [-0.2, -0.15) is 5.10 Å². The summed E-state index contributed by atoms with van der Waals surface area (Å²) in [5.74, 6) is -0.699. The second-order valence-corrected chi connectivity index (χ2v) is 17.5. The van der Waals surface area contributed by atoms with E-state index in [-0.39, 0.29) is 40.5 Å². The highest BCUT2D eigenvalue weighted by Gasteiger charge is 2.51. The predicted molar refractivity (Wildman–Crippen MR) is 201 cm³/mol. The summed E-state index contributed by atoms with van der Waals surface area (Å²) in [4.78, 5) is 57.9. The lowest BCUT2D eigenvalue weighted by molar-refractivity contribution is -0.171. The van der Waals surface area contributed by atoms with Gasteiger partial charge in [0, 0.05) is 45.6 Å². The number of fused-ring (bicyclic) bond motifs is 4. The first-order chi connectivity index (χ1) is 25.6. The Balaban J connectivity index is 0.849. The quantitative estimate of drug-likeness (QED) is 0.393. The number of alkyl carbamates (subject to hydrolysis) is 1. The van der Waals surface area contributed by atoms with Gasteiger partial charge in [-0.15, -0.1) is 0 Å². The molecule has 12 nitrogen and oxygen atoms in total. The van der Waals surface area contributed by atoms with Gasteiger partial charge in [0.25, 0.3) is 11.8 Å². The van der Waals surface area contributed by atoms with Crippen molar-refractivity contribution in [3.05, 3.63) is 58.9 Å². The summed E-state index contributed by atoms with van der Waals surface area (Å²) < 4.78 is 27.0. The molecular formula is C41H55FN6O6. The molecule has 1 aromatic carbocycles. The van der Waals surface area contributed by atoms with Gasteiger partial charge >= 0.3 is 6.09 Å². The molecule has 5 aliphatic heterocycles. The molecule has 8 rings (SSSR count). The zero-order chi connectivity index (χ0) is 38.3. The number of allylic oxidation sites excluding steroid dienone is 3. The normalized spacial score (nSPS) is 28.9. The molecule has 0 radical (unpaired) electrons. The van der Waals surface area contributed by atoms with Gasteiger partial charge in [-0.3, -0.25) is 14.4 Å². The number of likely N-dealkylation sites (tertiary alicyclic amines) is 1. The van der Waals surface area contributed by atoms with E-state index in [2.05, 4.69) is 20.7 Å². The Hall–Kier alpha value is -4.10. The van der Waals surface area contributed by atoms with Gasteiger partial charge in [-0.05, 0) is 115 Å². The Morgan fingerprint density at radius 3 is 2.41 bits per heavy atom. The minimum Gasteiger partial charge on any atom is -0.444 e. The highest BCUT2D eigenvalue weighted by Crippen LogP contribution is 2.45. The molecule has 2 bridgehead atoms. The predicted octanol–water partition coefficient (Wildman–Crippen LogP) is 4.74. The van der Waals surface area contributed by atoms with Crippen LogP contribution in [-0.4, -0.2) is 113 Å². The molecule has 4 amide bonds. The Labute approximate surface area is 317 Å². The molecule has 54 heavy (non-hydrogen) atoms. The monoisotopic (exact) mass is 746 g/mol. The summed E-state index contributed by atoms with van der Waals surface area (Å²) >= 11 is 0. The third-order valence-electron chi connectivity index (χ3n) is 12.4. The van der Waals surface area contributed by atoms with Crippen LogP contribution in [0.25, 0.3) is 0 Å². The summed E-state index contributed by atoms with van der Waals surface area (Å²) in [6, 6.07) is 4.55. The van der Waals surface area contributed by atoms with Crippen molar-refractivity contribution in [2.24, 2.45) is 16.4 Å². The summed E-state index contributed by atoms with van der Waals surface area (Å²) in [5, 5.41) is 7.41. The van der Waals surface area contributed by atoms with E-state index in [0.29, 0.717) is 63.7 Å². The second kappa shape index (κ2) is 14.9. The van der Waals surface area contributed by atoms with E-state index in [4.69, 9.17) is 9.47 Å². The zero-order valence-electron chi connectivity index (χ0n) is 32.2. The minimum absolute atomic E-state index is 0.00273. The van der Waals surface area contributed by atoms with Crippen molar-refractivity contribution in [3.8, 4) is 0 Å². The van der Waals surface area contributed by atoms with Crippen LogP contribution in [0.4, 0.5) is 9.18 Å². The van der Waals surface area contributed by atoms with Gasteiger partial charge in [0.05, 0.1) is 34.4 Å². The Kier molecular flexibility index (Phi) is 10.5. The van der Waals surface area contributed by atoms with E-state index in [1.54, 1.807) is 17.0 Å². The fraction of sp³-hybridized carbons (Fsp3) is 0.634. The molecule has 0 spiro atoms. The van der Waals surface area contributed by atoms with Crippen molar-refractivity contribution >= 4 is 29.5 Å². The summed E-state index contributed by atoms with van der Waals surface area (Å²) in [7, 11) is 0. The van der Waals surface area contributed by atoms with Crippen LogP contribution >= 0.6 is 0 Å². The lowest BCUT2D eigenvalue weighted by atomic mass is 9.70. The van der Waals surface area contributed by atoms with Crippen LogP contribution in [0.2, 0.25) is 0 Å². The maximum atomic E-state index is 15.1. The Bertz CT molecular complexity index is 1730. The fourth-order valence-corrected chi connectivity index (χ4v) is 8.98. The van der Waals surface area contributed by atoms with E-state index in [9.17, 15) is 19.2 Å². The second-order valence-electron chi connectivity index (χ2n) is 17.5. The van der Waals surface area contributed by atoms with Gasteiger partial charge in [0.15, 0.2) is 0 Å². The lowest BCUT2D eigenvalue weighted by Crippen LogP contribution is -2.65. The van der Waals surface area contributed by atoms with Crippen LogP contribution in [-0.2, 0) is 25.5 Å². The number of halogens is 1. The highest BCUT2D eigenvalue weighted by atomic mass is 19.1. The number of hydrazone groups is 1. The Morgan fingerprint density at radius 1 is 1.04 bits per heavy atom. The fourth-order valence-electron chi connectivity index (χ4n) is 8.98. The van der Waals surface area contributed by atoms with E-state index in [1.165, 1.54) is 6.07 Å². The SMILES string of the molecule is CC(C)(C)OC(=O)NC12CCC(CN3CCC(CC(=O)N4CCN(C(=O)c5cc(CC6=NNC(=O)C7(C)CC=CC=C67)ccc5F)CC4)CC3)(CC1)OC2. The molecule has 4 saturated heterocycles. The number of benzene rings is 1. The molecule has 5 heterocycles. The van der Waals surface area contributed by atoms with Crippen molar-refractivity contribution in [2.45, 2.75) is 102 Å². The van der Waals surface area contributed by atoms with Crippen molar-refractivity contribution in [1.29, 1.82) is 0 Å². The van der Waals surface area contributed by atoms with Crippen LogP contribution in [0.3, 0.4) is 0 Å². The molecule has 1 unspecified atom stereocenters. The number of hydrogen-bond acceptors (Lipinski definition) is 8. The Morgan fingerprint density at radius 2 is 1.74 bits per heavy atom. The van der Waals surface area contributed by atoms with Gasteiger partial charge in [0.2, 0.25) is 5.91 Å². The van der Waals surface area contributed by atoms with E-state index >= 15 is 4.39 Å². The van der Waals surface area contributed by atoms with E-state index < -0.39 is 16.8 Å². The number of carbonyl (C=O) groups is 4. The third kappa shape index (κ3) is 8.12. The topological polar surface area (TPSA) is 133 Å². The zero-order valence-corrected chi connectivity index (χ0v) is 32.2. The van der Waals surface area contributed by atoms with Crippen molar-refractivity contribution in [3.63, 3.8) is 0 Å². The number of nitrogens with one attached hydrogen (secondary N) is 2.